The van der Waals surface area contributed by atoms with Crippen molar-refractivity contribution in [3.05, 3.63) is 66.0 Å². The lowest BCUT2D eigenvalue weighted by Gasteiger charge is -2.27. The number of hydrogen-bond acceptors (Lipinski definition) is 2. The van der Waals surface area contributed by atoms with Gasteiger partial charge in [0, 0.05) is 18.8 Å². The summed E-state index contributed by atoms with van der Waals surface area (Å²) in [7, 11) is 0. The normalized spacial score (nSPS) is 12.6. The summed E-state index contributed by atoms with van der Waals surface area (Å²) in [4.78, 5) is 4.39. The topological polar surface area (TPSA) is 24.9 Å². The van der Waals surface area contributed by atoms with Crippen LogP contribution >= 0.6 is 0 Å². The van der Waals surface area contributed by atoms with Crippen LogP contribution in [0.2, 0.25) is 0 Å². The largest absolute Gasteiger partial charge is 0.304 e. The Kier molecular flexibility index (Phi) is 5.75. The van der Waals surface area contributed by atoms with Crippen LogP contribution in [0.5, 0.6) is 0 Å². The van der Waals surface area contributed by atoms with Gasteiger partial charge in [0.25, 0.3) is 0 Å². The van der Waals surface area contributed by atoms with Gasteiger partial charge in [0.2, 0.25) is 0 Å². The first-order chi connectivity index (χ1) is 9.85. The van der Waals surface area contributed by atoms with Gasteiger partial charge in [0.1, 0.15) is 0 Å². The van der Waals surface area contributed by atoms with E-state index in [2.05, 4.69) is 60.5 Å². The minimum Gasteiger partial charge on any atom is -0.304 e. The van der Waals surface area contributed by atoms with Crippen LogP contribution in [0.3, 0.4) is 0 Å². The van der Waals surface area contributed by atoms with Crippen LogP contribution in [0.15, 0.2) is 54.7 Å². The number of pyridine rings is 1. The van der Waals surface area contributed by atoms with Crippen molar-refractivity contribution < 1.29 is 0 Å². The molecule has 2 heteroatoms. The molecule has 0 bridgehead atoms. The van der Waals surface area contributed by atoms with Crippen LogP contribution in [0.4, 0.5) is 0 Å². The minimum atomic E-state index is 0.396. The summed E-state index contributed by atoms with van der Waals surface area (Å²) in [6.07, 6.45) is 4.22. The second-order valence-corrected chi connectivity index (χ2v) is 5.17. The molecule has 0 aliphatic carbocycles. The quantitative estimate of drug-likeness (QED) is 0.807. The predicted molar refractivity (Wildman–Crippen MR) is 84.3 cm³/mol. The fourth-order valence-corrected chi connectivity index (χ4v) is 2.69. The first-order valence-corrected chi connectivity index (χ1v) is 7.53. The zero-order valence-electron chi connectivity index (χ0n) is 12.4. The highest BCUT2D eigenvalue weighted by Crippen LogP contribution is 2.27. The van der Waals surface area contributed by atoms with Gasteiger partial charge in [-0.1, -0.05) is 63.1 Å². The Morgan fingerprint density at radius 3 is 2.25 bits per heavy atom. The molecule has 0 spiro atoms. The minimum absolute atomic E-state index is 0.396. The third-order valence-corrected chi connectivity index (χ3v) is 3.91. The average Bonchev–Trinajstić information content (AvgIpc) is 2.53. The first kappa shape index (κ1) is 14.7. The van der Waals surface area contributed by atoms with Crippen LogP contribution in [0.25, 0.3) is 0 Å². The number of rotatable bonds is 7. The van der Waals surface area contributed by atoms with E-state index in [1.165, 1.54) is 18.4 Å². The third kappa shape index (κ3) is 3.91. The highest BCUT2D eigenvalue weighted by Gasteiger charge is 2.19. The van der Waals surface area contributed by atoms with Crippen molar-refractivity contribution in [2.24, 2.45) is 5.92 Å². The molecule has 1 atom stereocenters. The van der Waals surface area contributed by atoms with Crippen molar-refractivity contribution in [2.45, 2.75) is 39.3 Å². The summed E-state index contributed by atoms with van der Waals surface area (Å²) in [5, 5.41) is 3.69. The van der Waals surface area contributed by atoms with E-state index in [0.717, 1.165) is 12.2 Å². The third-order valence-electron chi connectivity index (χ3n) is 3.91. The van der Waals surface area contributed by atoms with Crippen molar-refractivity contribution in [2.75, 3.05) is 0 Å². The molecular formula is C18H24N2. The lowest BCUT2D eigenvalue weighted by Crippen LogP contribution is -2.28. The molecule has 2 rings (SSSR count). The Bertz CT molecular complexity index is 477. The average molecular weight is 268 g/mol. The first-order valence-electron chi connectivity index (χ1n) is 7.53. The van der Waals surface area contributed by atoms with E-state index < -0.39 is 0 Å². The molecule has 1 aromatic carbocycles. The van der Waals surface area contributed by atoms with Crippen molar-refractivity contribution in [3.8, 4) is 0 Å². The van der Waals surface area contributed by atoms with Crippen molar-refractivity contribution in [3.63, 3.8) is 0 Å². The number of nitrogens with zero attached hydrogens (tertiary/aromatic N) is 1. The summed E-state index contributed by atoms with van der Waals surface area (Å²) >= 11 is 0. The SMILES string of the molecule is CCC(CC)[C@@H](NCc1ccccn1)c1ccccc1. The van der Waals surface area contributed by atoms with E-state index in [1.54, 1.807) is 0 Å². The van der Waals surface area contributed by atoms with E-state index in [9.17, 15) is 0 Å². The predicted octanol–water partition coefficient (Wildman–Crippen LogP) is 4.35. The van der Waals surface area contributed by atoms with Crippen molar-refractivity contribution in [1.29, 1.82) is 0 Å². The molecule has 20 heavy (non-hydrogen) atoms. The van der Waals surface area contributed by atoms with E-state index in [1.807, 2.05) is 18.3 Å². The van der Waals surface area contributed by atoms with Gasteiger partial charge in [-0.05, 0) is 23.6 Å². The zero-order valence-corrected chi connectivity index (χ0v) is 12.4. The molecule has 1 N–H and O–H groups in total. The number of nitrogens with one attached hydrogen (secondary N) is 1. The molecule has 0 aliphatic rings. The molecule has 0 amide bonds. The molecular weight excluding hydrogens is 244 g/mol. The molecule has 0 aliphatic heterocycles. The molecule has 0 fully saturated rings. The Labute approximate surface area is 122 Å². The Morgan fingerprint density at radius 1 is 0.950 bits per heavy atom. The summed E-state index contributed by atoms with van der Waals surface area (Å²) in [5.41, 5.74) is 2.47. The molecule has 0 saturated carbocycles. The van der Waals surface area contributed by atoms with E-state index in [-0.39, 0.29) is 0 Å². The second kappa shape index (κ2) is 7.81. The van der Waals surface area contributed by atoms with Gasteiger partial charge in [0.15, 0.2) is 0 Å². The van der Waals surface area contributed by atoms with Gasteiger partial charge < -0.3 is 5.32 Å². The van der Waals surface area contributed by atoms with Gasteiger partial charge in [-0.15, -0.1) is 0 Å². The molecule has 1 aromatic heterocycles. The molecule has 0 saturated heterocycles. The fourth-order valence-electron chi connectivity index (χ4n) is 2.69. The van der Waals surface area contributed by atoms with Crippen LogP contribution in [-0.4, -0.2) is 4.98 Å². The Balaban J connectivity index is 2.11. The summed E-state index contributed by atoms with van der Waals surface area (Å²) in [6, 6.07) is 17.2. The Morgan fingerprint density at radius 2 is 1.65 bits per heavy atom. The molecule has 2 nitrogen and oxygen atoms in total. The molecule has 0 radical (unpaired) electrons. The molecule has 106 valence electrons. The maximum atomic E-state index is 4.39. The molecule has 1 heterocycles. The number of aromatic nitrogens is 1. The maximum absolute atomic E-state index is 4.39. The van der Waals surface area contributed by atoms with Crippen molar-refractivity contribution >= 4 is 0 Å². The molecule has 2 aromatic rings. The zero-order chi connectivity index (χ0) is 14.2. The summed E-state index contributed by atoms with van der Waals surface area (Å²) in [6.45, 7) is 5.36. The molecule has 0 unspecified atom stereocenters. The Hall–Kier alpha value is -1.67. The highest BCUT2D eigenvalue weighted by atomic mass is 14.9. The van der Waals surface area contributed by atoms with Crippen molar-refractivity contribution in [1.82, 2.24) is 10.3 Å². The smallest absolute Gasteiger partial charge is 0.0541 e. The van der Waals surface area contributed by atoms with Gasteiger partial charge in [-0.25, -0.2) is 0 Å². The maximum Gasteiger partial charge on any atom is 0.0541 e. The summed E-state index contributed by atoms with van der Waals surface area (Å²) < 4.78 is 0. The van der Waals surface area contributed by atoms with Crippen LogP contribution < -0.4 is 5.32 Å². The van der Waals surface area contributed by atoms with Crippen LogP contribution in [0, 0.1) is 5.92 Å². The van der Waals surface area contributed by atoms with Crippen LogP contribution in [-0.2, 0) is 6.54 Å². The fraction of sp³-hybridized carbons (Fsp3) is 0.389. The number of benzene rings is 1. The van der Waals surface area contributed by atoms with Gasteiger partial charge in [0.05, 0.1) is 5.69 Å². The highest BCUT2D eigenvalue weighted by molar-refractivity contribution is 5.20. The summed E-state index contributed by atoms with van der Waals surface area (Å²) in [5.74, 6) is 0.654. The van der Waals surface area contributed by atoms with E-state index in [4.69, 9.17) is 0 Å². The van der Waals surface area contributed by atoms with Gasteiger partial charge >= 0.3 is 0 Å². The monoisotopic (exact) mass is 268 g/mol. The number of hydrogen-bond donors (Lipinski definition) is 1. The van der Waals surface area contributed by atoms with Crippen LogP contribution in [0.1, 0.15) is 44.0 Å². The standard InChI is InChI=1S/C18H24N2/c1-3-15(4-2)18(16-10-6-5-7-11-16)20-14-17-12-8-9-13-19-17/h5-13,15,18,20H,3-4,14H2,1-2H3/t18-/m1/s1. The van der Waals surface area contributed by atoms with E-state index >= 15 is 0 Å². The van der Waals surface area contributed by atoms with E-state index in [0.29, 0.717) is 12.0 Å². The lowest BCUT2D eigenvalue weighted by atomic mass is 9.89. The second-order valence-electron chi connectivity index (χ2n) is 5.17. The van der Waals surface area contributed by atoms with Gasteiger partial charge in [-0.2, -0.15) is 0 Å². The lowest BCUT2D eigenvalue weighted by molar-refractivity contribution is 0.338. The van der Waals surface area contributed by atoms with Gasteiger partial charge in [-0.3, -0.25) is 4.98 Å².